The molecule has 0 saturated heterocycles. The molecular weight excluding hydrogens is 490 g/mol. The molecule has 36 heavy (non-hydrogen) atoms. The van der Waals surface area contributed by atoms with Crippen molar-refractivity contribution in [2.24, 2.45) is 4.99 Å². The highest BCUT2D eigenvalue weighted by atomic mass is 35.5. The van der Waals surface area contributed by atoms with E-state index in [4.69, 9.17) is 28.8 Å². The third-order valence-corrected chi connectivity index (χ3v) is 6.90. The van der Waals surface area contributed by atoms with E-state index in [0.717, 1.165) is 28.8 Å². The minimum Gasteiger partial charge on any atom is -0.362 e. The number of hydrogen-bond donors (Lipinski definition) is 3. The van der Waals surface area contributed by atoms with Crippen molar-refractivity contribution < 1.29 is 4.79 Å². The molecule has 1 atom stereocenters. The topological polar surface area (TPSA) is 72.5 Å². The van der Waals surface area contributed by atoms with Gasteiger partial charge in [-0.1, -0.05) is 60.1 Å². The summed E-state index contributed by atoms with van der Waals surface area (Å²) in [6.07, 6.45) is 1.94. The number of para-hydroxylation sites is 1. The number of nitrogens with one attached hydrogen (secondary N) is 3. The molecule has 1 amide bonds. The molecule has 3 aromatic carbocycles. The van der Waals surface area contributed by atoms with Crippen LogP contribution >= 0.6 is 23.8 Å². The quantitative estimate of drug-likeness (QED) is 0.328. The number of carbonyl (C=O) groups is 1. The molecule has 8 heteroatoms. The zero-order valence-electron chi connectivity index (χ0n) is 20.0. The predicted molar refractivity (Wildman–Crippen MR) is 151 cm³/mol. The number of hydrogen-bond acceptors (Lipinski definition) is 3. The van der Waals surface area contributed by atoms with Crippen molar-refractivity contribution >= 4 is 57.1 Å². The van der Waals surface area contributed by atoms with E-state index in [1.54, 1.807) is 18.0 Å². The van der Waals surface area contributed by atoms with Crippen molar-refractivity contribution in [1.82, 2.24) is 15.6 Å². The Bertz CT molecular complexity index is 1480. The van der Waals surface area contributed by atoms with Crippen LogP contribution in [0.3, 0.4) is 0 Å². The lowest BCUT2D eigenvalue weighted by molar-refractivity contribution is -0.119. The number of fused-ring (bicyclic) bond motifs is 2. The van der Waals surface area contributed by atoms with Crippen molar-refractivity contribution in [3.05, 3.63) is 100 Å². The molecule has 1 aliphatic heterocycles. The van der Waals surface area contributed by atoms with Gasteiger partial charge in [0.25, 0.3) is 5.91 Å². The number of thiocarbonyl (C=S) groups is 1. The van der Waals surface area contributed by atoms with Gasteiger partial charge in [0.05, 0.1) is 11.4 Å². The summed E-state index contributed by atoms with van der Waals surface area (Å²) in [6.45, 7) is 2.71. The molecule has 6 nitrogen and oxygen atoms in total. The first-order valence-corrected chi connectivity index (χ1v) is 12.5. The van der Waals surface area contributed by atoms with Crippen molar-refractivity contribution in [2.75, 3.05) is 18.5 Å². The van der Waals surface area contributed by atoms with Gasteiger partial charge in [0, 0.05) is 46.8 Å². The minimum atomic E-state index is -0.882. The van der Waals surface area contributed by atoms with Crippen LogP contribution in [0.15, 0.2) is 77.9 Å². The number of rotatable bonds is 5. The first-order valence-electron chi connectivity index (χ1n) is 11.7. The summed E-state index contributed by atoms with van der Waals surface area (Å²) in [5.41, 5.74) is 6.69. The SMILES string of the molecule is Cc1cccc2c(CCNC(=S)NC3N=C(c4ccccc4)c4cc(Cl)ccc4N(C)C3=O)c[nH]c12. The fourth-order valence-corrected chi connectivity index (χ4v) is 4.91. The van der Waals surface area contributed by atoms with Gasteiger partial charge in [0.1, 0.15) is 0 Å². The van der Waals surface area contributed by atoms with Gasteiger partial charge in [-0.2, -0.15) is 0 Å². The van der Waals surface area contributed by atoms with Crippen LogP contribution < -0.4 is 15.5 Å². The zero-order valence-corrected chi connectivity index (χ0v) is 21.6. The number of nitrogens with zero attached hydrogens (tertiary/aromatic N) is 2. The van der Waals surface area contributed by atoms with Crippen molar-refractivity contribution in [1.29, 1.82) is 0 Å². The van der Waals surface area contributed by atoms with Crippen LogP contribution in [-0.4, -0.2) is 41.5 Å². The number of amides is 1. The molecule has 0 aliphatic carbocycles. The number of benzene rings is 3. The van der Waals surface area contributed by atoms with Gasteiger partial charge in [0.15, 0.2) is 5.11 Å². The second-order valence-electron chi connectivity index (χ2n) is 8.77. The number of H-pyrrole nitrogens is 1. The molecule has 0 fully saturated rings. The molecule has 5 rings (SSSR count). The third-order valence-electron chi connectivity index (χ3n) is 6.40. The van der Waals surface area contributed by atoms with E-state index in [2.05, 4.69) is 40.7 Å². The molecule has 182 valence electrons. The molecule has 1 unspecified atom stereocenters. The summed E-state index contributed by atoms with van der Waals surface area (Å²) < 4.78 is 0. The van der Waals surface area contributed by atoms with Crippen LogP contribution in [0.25, 0.3) is 10.9 Å². The molecule has 2 heterocycles. The van der Waals surface area contributed by atoms with Crippen LogP contribution in [0.1, 0.15) is 22.3 Å². The van der Waals surface area contributed by atoms with Gasteiger partial charge in [0.2, 0.25) is 6.17 Å². The summed E-state index contributed by atoms with van der Waals surface area (Å²) in [5, 5.41) is 8.51. The van der Waals surface area contributed by atoms with Crippen molar-refractivity contribution in [3.63, 3.8) is 0 Å². The standard InChI is InChI=1S/C28H26ClN5OS/c1-17-7-6-10-21-19(16-31-24(17)21)13-14-30-28(36)33-26-27(35)34(2)23-12-11-20(29)15-22(23)25(32-26)18-8-4-3-5-9-18/h3-12,15-16,26,31H,13-14H2,1-2H3,(H2,30,33,36). The predicted octanol–water partition coefficient (Wildman–Crippen LogP) is 4.98. The molecule has 3 N–H and O–H groups in total. The maximum atomic E-state index is 13.4. The van der Waals surface area contributed by atoms with Gasteiger partial charge in [-0.3, -0.25) is 4.79 Å². The normalized spacial score (nSPS) is 15.3. The molecule has 0 radical (unpaired) electrons. The Kier molecular flexibility index (Phi) is 6.76. The zero-order chi connectivity index (χ0) is 25.2. The molecule has 1 aromatic heterocycles. The van der Waals surface area contributed by atoms with Gasteiger partial charge < -0.3 is 20.5 Å². The average Bonchev–Trinajstić information content (AvgIpc) is 3.26. The number of halogens is 1. The van der Waals surface area contributed by atoms with Gasteiger partial charge >= 0.3 is 0 Å². The van der Waals surface area contributed by atoms with Crippen LogP contribution in [0, 0.1) is 6.92 Å². The highest BCUT2D eigenvalue weighted by molar-refractivity contribution is 7.80. The highest BCUT2D eigenvalue weighted by Gasteiger charge is 2.30. The molecule has 0 spiro atoms. The number of aryl methyl sites for hydroxylation is 1. The Morgan fingerprint density at radius 1 is 1.14 bits per heavy atom. The summed E-state index contributed by atoms with van der Waals surface area (Å²) in [4.78, 5) is 23.2. The Hall–Kier alpha value is -3.68. The van der Waals surface area contributed by atoms with E-state index in [1.807, 2.05) is 48.7 Å². The van der Waals surface area contributed by atoms with Gasteiger partial charge in [-0.05, 0) is 54.9 Å². The van der Waals surface area contributed by atoms with E-state index >= 15 is 0 Å². The van der Waals surface area contributed by atoms with Crippen molar-refractivity contribution in [3.8, 4) is 0 Å². The lowest BCUT2D eigenvalue weighted by Crippen LogP contribution is -2.49. The summed E-state index contributed by atoms with van der Waals surface area (Å²) >= 11 is 11.9. The fraction of sp³-hybridized carbons (Fsp3) is 0.179. The van der Waals surface area contributed by atoms with E-state index < -0.39 is 6.17 Å². The second-order valence-corrected chi connectivity index (χ2v) is 9.61. The first-order chi connectivity index (χ1) is 17.4. The third kappa shape index (κ3) is 4.72. The average molecular weight is 516 g/mol. The molecular formula is C28H26ClN5OS. The van der Waals surface area contributed by atoms with E-state index in [1.165, 1.54) is 16.5 Å². The minimum absolute atomic E-state index is 0.208. The fourth-order valence-electron chi connectivity index (χ4n) is 4.52. The van der Waals surface area contributed by atoms with Gasteiger partial charge in [-0.25, -0.2) is 4.99 Å². The van der Waals surface area contributed by atoms with E-state index in [0.29, 0.717) is 22.4 Å². The summed E-state index contributed by atoms with van der Waals surface area (Å²) in [6, 6.07) is 21.5. The number of anilines is 1. The van der Waals surface area contributed by atoms with E-state index in [9.17, 15) is 4.79 Å². The Labute approximate surface area is 220 Å². The number of likely N-dealkylation sites (N-methyl/N-ethyl adjacent to an activating group) is 1. The summed E-state index contributed by atoms with van der Waals surface area (Å²) in [7, 11) is 1.74. The lowest BCUT2D eigenvalue weighted by atomic mass is 10.0. The van der Waals surface area contributed by atoms with Crippen LogP contribution in [0.2, 0.25) is 5.02 Å². The smallest absolute Gasteiger partial charge is 0.272 e. The number of aromatic amines is 1. The molecule has 4 aromatic rings. The number of aromatic nitrogens is 1. The highest BCUT2D eigenvalue weighted by Crippen LogP contribution is 2.30. The second kappa shape index (κ2) is 10.1. The Morgan fingerprint density at radius 3 is 2.75 bits per heavy atom. The largest absolute Gasteiger partial charge is 0.362 e. The monoisotopic (exact) mass is 515 g/mol. The molecule has 0 bridgehead atoms. The molecule has 1 aliphatic rings. The van der Waals surface area contributed by atoms with Crippen LogP contribution in [-0.2, 0) is 11.2 Å². The Balaban J connectivity index is 1.35. The molecule has 0 saturated carbocycles. The Morgan fingerprint density at radius 2 is 1.94 bits per heavy atom. The van der Waals surface area contributed by atoms with Crippen LogP contribution in [0.5, 0.6) is 0 Å². The van der Waals surface area contributed by atoms with Crippen LogP contribution in [0.4, 0.5) is 5.69 Å². The van der Waals surface area contributed by atoms with Gasteiger partial charge in [-0.15, -0.1) is 0 Å². The summed E-state index contributed by atoms with van der Waals surface area (Å²) in [5.74, 6) is -0.208. The number of aliphatic imine (C=N–C) groups is 1. The number of benzodiazepines with no additional fused rings is 1. The number of carbonyl (C=O) groups excluding carboxylic acids is 1. The van der Waals surface area contributed by atoms with E-state index in [-0.39, 0.29) is 5.91 Å². The first kappa shape index (κ1) is 24.0. The maximum absolute atomic E-state index is 13.4. The van der Waals surface area contributed by atoms with Crippen molar-refractivity contribution in [2.45, 2.75) is 19.5 Å². The maximum Gasteiger partial charge on any atom is 0.272 e. The lowest BCUT2D eigenvalue weighted by Gasteiger charge is -2.22.